The lowest BCUT2D eigenvalue weighted by molar-refractivity contribution is 0.101. The smallest absolute Gasteiger partial charge is 0.267 e. The van der Waals surface area contributed by atoms with Crippen LogP contribution in [0.3, 0.4) is 0 Å². The number of aromatic nitrogens is 2. The van der Waals surface area contributed by atoms with Crippen LogP contribution in [0.5, 0.6) is 0 Å². The first-order valence-electron chi connectivity index (χ1n) is 8.48. The van der Waals surface area contributed by atoms with E-state index in [0.29, 0.717) is 21.5 Å². The maximum absolute atomic E-state index is 13.3. The van der Waals surface area contributed by atoms with E-state index in [9.17, 15) is 14.0 Å². The van der Waals surface area contributed by atoms with E-state index >= 15 is 0 Å². The molecule has 0 unspecified atom stereocenters. The lowest BCUT2D eigenvalue weighted by Gasteiger charge is -2.15. The fraction of sp³-hybridized carbons (Fsp3) is 0. The summed E-state index contributed by atoms with van der Waals surface area (Å²) in [5.74, 6) is -1.06. The number of para-hydroxylation sites is 1. The number of halogens is 3. The predicted molar refractivity (Wildman–Crippen MR) is 112 cm³/mol. The highest BCUT2D eigenvalue weighted by atomic mass is 35.5. The van der Waals surface area contributed by atoms with Crippen LogP contribution in [0.1, 0.15) is 10.4 Å². The first-order chi connectivity index (χ1) is 13.9. The van der Waals surface area contributed by atoms with E-state index in [-0.39, 0.29) is 16.4 Å². The summed E-state index contributed by atoms with van der Waals surface area (Å²) in [5.41, 5.74) is 3.07. The van der Waals surface area contributed by atoms with Gasteiger partial charge in [-0.3, -0.25) is 15.0 Å². The van der Waals surface area contributed by atoms with E-state index < -0.39 is 17.3 Å². The number of nitrogens with zero attached hydrogens (tertiary/aromatic N) is 2. The second-order valence-corrected chi connectivity index (χ2v) is 7.01. The minimum Gasteiger partial charge on any atom is -0.267 e. The third-order valence-corrected chi connectivity index (χ3v) is 4.80. The van der Waals surface area contributed by atoms with Gasteiger partial charge in [0.1, 0.15) is 5.82 Å². The Morgan fingerprint density at radius 1 is 1.00 bits per heavy atom. The van der Waals surface area contributed by atoms with Gasteiger partial charge in [0, 0.05) is 10.6 Å². The van der Waals surface area contributed by atoms with Gasteiger partial charge in [0.05, 0.1) is 21.5 Å². The maximum Gasteiger partial charge on any atom is 0.280 e. The molecule has 5 nitrogen and oxygen atoms in total. The minimum absolute atomic E-state index is 0.0187. The van der Waals surface area contributed by atoms with Crippen LogP contribution in [-0.2, 0) is 0 Å². The molecule has 0 saturated carbocycles. The van der Waals surface area contributed by atoms with Crippen LogP contribution in [0.25, 0.3) is 22.3 Å². The molecule has 0 aliphatic heterocycles. The molecule has 0 saturated heterocycles. The quantitative estimate of drug-likeness (QED) is 0.505. The van der Waals surface area contributed by atoms with Crippen LogP contribution >= 0.6 is 23.2 Å². The molecule has 0 radical (unpaired) electrons. The van der Waals surface area contributed by atoms with Gasteiger partial charge in [-0.2, -0.15) is 4.68 Å². The summed E-state index contributed by atoms with van der Waals surface area (Å²) < 4.78 is 14.3. The Bertz CT molecular complexity index is 1320. The Morgan fingerprint density at radius 3 is 2.55 bits per heavy atom. The van der Waals surface area contributed by atoms with E-state index in [2.05, 4.69) is 10.4 Å². The highest BCUT2D eigenvalue weighted by Crippen LogP contribution is 2.22. The molecule has 1 amide bonds. The molecule has 3 aromatic carbocycles. The van der Waals surface area contributed by atoms with Crippen molar-refractivity contribution in [3.8, 4) is 11.4 Å². The van der Waals surface area contributed by atoms with Gasteiger partial charge in [-0.25, -0.2) is 9.37 Å². The second-order valence-electron chi connectivity index (χ2n) is 6.17. The van der Waals surface area contributed by atoms with Crippen molar-refractivity contribution in [2.24, 2.45) is 0 Å². The molecule has 0 bridgehead atoms. The average Bonchev–Trinajstić information content (AvgIpc) is 2.70. The van der Waals surface area contributed by atoms with Crippen LogP contribution in [0, 0.1) is 5.82 Å². The van der Waals surface area contributed by atoms with Gasteiger partial charge in [-0.05, 0) is 42.5 Å². The van der Waals surface area contributed by atoms with Gasteiger partial charge in [-0.15, -0.1) is 0 Å². The molecule has 8 heteroatoms. The first-order valence-corrected chi connectivity index (χ1v) is 9.24. The Morgan fingerprint density at radius 2 is 1.79 bits per heavy atom. The van der Waals surface area contributed by atoms with Crippen molar-refractivity contribution >= 4 is 40.0 Å². The Balaban J connectivity index is 1.90. The van der Waals surface area contributed by atoms with Crippen molar-refractivity contribution < 1.29 is 9.18 Å². The van der Waals surface area contributed by atoms with Gasteiger partial charge >= 0.3 is 0 Å². The van der Waals surface area contributed by atoms with Crippen LogP contribution in [0.4, 0.5) is 4.39 Å². The van der Waals surface area contributed by atoms with Gasteiger partial charge < -0.3 is 0 Å². The lowest BCUT2D eigenvalue weighted by Crippen LogP contribution is -2.35. The number of amides is 1. The van der Waals surface area contributed by atoms with Gasteiger partial charge in [-0.1, -0.05) is 47.5 Å². The minimum atomic E-state index is -0.683. The topological polar surface area (TPSA) is 64.0 Å². The van der Waals surface area contributed by atoms with Gasteiger partial charge in [0.15, 0.2) is 5.82 Å². The third kappa shape index (κ3) is 3.72. The summed E-state index contributed by atoms with van der Waals surface area (Å²) in [5, 5.41) is 0.696. The summed E-state index contributed by atoms with van der Waals surface area (Å²) in [6.45, 7) is 0. The molecular weight excluding hydrogens is 416 g/mol. The number of benzene rings is 3. The lowest BCUT2D eigenvalue weighted by atomic mass is 10.2. The van der Waals surface area contributed by atoms with Crippen molar-refractivity contribution in [1.82, 2.24) is 9.66 Å². The Hall–Kier alpha value is -3.22. The van der Waals surface area contributed by atoms with Crippen LogP contribution < -0.4 is 11.0 Å². The fourth-order valence-electron chi connectivity index (χ4n) is 2.89. The number of carbonyl (C=O) groups is 1. The molecule has 144 valence electrons. The molecule has 0 spiro atoms. The second kappa shape index (κ2) is 7.66. The molecule has 1 N–H and O–H groups in total. The van der Waals surface area contributed by atoms with Crippen LogP contribution in [0.15, 0.2) is 71.5 Å². The van der Waals surface area contributed by atoms with E-state index in [1.807, 2.05) is 0 Å². The van der Waals surface area contributed by atoms with Crippen molar-refractivity contribution in [2.45, 2.75) is 0 Å². The van der Waals surface area contributed by atoms with Gasteiger partial charge in [0.2, 0.25) is 0 Å². The van der Waals surface area contributed by atoms with Crippen molar-refractivity contribution in [3.63, 3.8) is 0 Å². The molecule has 4 aromatic rings. The molecule has 0 atom stereocenters. The maximum atomic E-state index is 13.3. The number of hydrogen-bond acceptors (Lipinski definition) is 3. The predicted octanol–water partition coefficient (Wildman–Crippen LogP) is 4.89. The van der Waals surface area contributed by atoms with Gasteiger partial charge in [0.25, 0.3) is 11.5 Å². The average molecular weight is 428 g/mol. The number of rotatable bonds is 3. The molecule has 0 aliphatic rings. The summed E-state index contributed by atoms with van der Waals surface area (Å²) in [6.07, 6.45) is 0. The van der Waals surface area contributed by atoms with E-state index in [1.165, 1.54) is 6.07 Å². The van der Waals surface area contributed by atoms with E-state index in [1.54, 1.807) is 48.5 Å². The number of fused-ring (bicyclic) bond motifs is 1. The molecular formula is C21H12Cl2FN3O2. The van der Waals surface area contributed by atoms with Crippen molar-refractivity contribution in [2.75, 3.05) is 5.43 Å². The highest BCUT2D eigenvalue weighted by molar-refractivity contribution is 6.34. The molecule has 29 heavy (non-hydrogen) atoms. The summed E-state index contributed by atoms with van der Waals surface area (Å²) in [6, 6.07) is 16.9. The Kier molecular flexibility index (Phi) is 5.05. The Labute approximate surface area is 174 Å². The zero-order valence-corrected chi connectivity index (χ0v) is 16.2. The van der Waals surface area contributed by atoms with Crippen molar-refractivity contribution in [3.05, 3.63) is 98.5 Å². The normalized spacial score (nSPS) is 10.9. The largest absolute Gasteiger partial charge is 0.280 e. The number of nitrogens with one attached hydrogen (secondary N) is 1. The number of hydrogen-bond donors (Lipinski definition) is 1. The van der Waals surface area contributed by atoms with E-state index in [0.717, 1.165) is 16.8 Å². The summed E-state index contributed by atoms with van der Waals surface area (Å²) in [4.78, 5) is 30.4. The SMILES string of the molecule is O=C(Nn1c(-c2cccc(Cl)c2)nc2ccccc2c1=O)c1ccc(F)cc1Cl. The fourth-order valence-corrected chi connectivity index (χ4v) is 3.34. The zero-order valence-electron chi connectivity index (χ0n) is 14.7. The summed E-state index contributed by atoms with van der Waals surface area (Å²) in [7, 11) is 0. The third-order valence-electron chi connectivity index (χ3n) is 4.25. The standard InChI is InChI=1S/C21H12Cl2FN3O2/c22-13-5-3-4-12(10-13)19-25-18-7-2-1-6-16(18)21(29)27(19)26-20(28)15-9-8-14(24)11-17(15)23/h1-11H,(H,26,28). The summed E-state index contributed by atoms with van der Waals surface area (Å²) >= 11 is 12.1. The molecule has 0 aliphatic carbocycles. The zero-order chi connectivity index (χ0) is 20.5. The number of carbonyl (C=O) groups excluding carboxylic acids is 1. The molecule has 0 fully saturated rings. The molecule has 1 heterocycles. The first kappa shape index (κ1) is 19.1. The van der Waals surface area contributed by atoms with E-state index in [4.69, 9.17) is 23.2 Å². The molecule has 1 aromatic heterocycles. The monoisotopic (exact) mass is 427 g/mol. The van der Waals surface area contributed by atoms with Crippen molar-refractivity contribution in [1.29, 1.82) is 0 Å². The van der Waals surface area contributed by atoms with Crippen LogP contribution in [-0.4, -0.2) is 15.6 Å². The highest BCUT2D eigenvalue weighted by Gasteiger charge is 2.18. The molecule has 4 rings (SSSR count). The van der Waals surface area contributed by atoms with Crippen LogP contribution in [0.2, 0.25) is 10.0 Å².